The van der Waals surface area contributed by atoms with Crippen LogP contribution in [0.25, 0.3) is 0 Å². The zero-order chi connectivity index (χ0) is 13.0. The minimum Gasteiger partial charge on any atom is -0.478 e. The van der Waals surface area contributed by atoms with E-state index in [2.05, 4.69) is 0 Å². The highest BCUT2D eigenvalue weighted by Gasteiger charge is 2.11. The summed E-state index contributed by atoms with van der Waals surface area (Å²) in [5.74, 6) is -0.887. The number of benzene rings is 1. The van der Waals surface area contributed by atoms with Gasteiger partial charge < -0.3 is 9.52 Å². The summed E-state index contributed by atoms with van der Waals surface area (Å²) in [5.41, 5.74) is 2.25. The smallest absolute Gasteiger partial charge is 0.336 e. The van der Waals surface area contributed by atoms with Gasteiger partial charge in [0.2, 0.25) is 0 Å². The summed E-state index contributed by atoms with van der Waals surface area (Å²) in [6, 6.07) is 8.97. The molecule has 1 N–H and O–H groups in total. The fourth-order valence-electron chi connectivity index (χ4n) is 1.91. The van der Waals surface area contributed by atoms with E-state index < -0.39 is 5.97 Å². The summed E-state index contributed by atoms with van der Waals surface area (Å²) >= 11 is 0. The molecule has 0 bridgehead atoms. The molecule has 0 saturated heterocycles. The molecule has 18 heavy (non-hydrogen) atoms. The number of furan rings is 1. The fraction of sp³-hybridized carbons (Fsp3) is 0.214. The molecule has 1 aromatic heterocycles. The quantitative estimate of drug-likeness (QED) is 0.879. The number of nitrogens with zero attached hydrogens (tertiary/aromatic N) is 1. The molecular formula is C14H15NO3. The van der Waals surface area contributed by atoms with Gasteiger partial charge in [0.25, 0.3) is 0 Å². The summed E-state index contributed by atoms with van der Waals surface area (Å²) in [6.45, 7) is 1.32. The van der Waals surface area contributed by atoms with Gasteiger partial charge in [-0.25, -0.2) is 4.79 Å². The second-order valence-electron chi connectivity index (χ2n) is 4.27. The average Bonchev–Trinajstić information content (AvgIpc) is 2.82. The van der Waals surface area contributed by atoms with Gasteiger partial charge >= 0.3 is 5.97 Å². The van der Waals surface area contributed by atoms with Crippen LogP contribution in [0.5, 0.6) is 0 Å². The van der Waals surface area contributed by atoms with Crippen LogP contribution < -0.4 is 0 Å². The Morgan fingerprint density at radius 1 is 1.28 bits per heavy atom. The maximum Gasteiger partial charge on any atom is 0.336 e. The molecule has 0 spiro atoms. The van der Waals surface area contributed by atoms with Crippen molar-refractivity contribution >= 4 is 5.97 Å². The summed E-state index contributed by atoms with van der Waals surface area (Å²) in [4.78, 5) is 13.1. The van der Waals surface area contributed by atoms with Crippen molar-refractivity contribution in [3.05, 3.63) is 59.5 Å². The molecule has 0 aliphatic rings. The van der Waals surface area contributed by atoms with Crippen molar-refractivity contribution in [3.8, 4) is 0 Å². The topological polar surface area (TPSA) is 53.7 Å². The lowest BCUT2D eigenvalue weighted by Gasteiger charge is -2.16. The number of aromatic carboxylic acids is 1. The van der Waals surface area contributed by atoms with Crippen molar-refractivity contribution < 1.29 is 14.3 Å². The Bertz CT molecular complexity index is 520. The summed E-state index contributed by atoms with van der Waals surface area (Å²) < 4.78 is 5.01. The second-order valence-corrected chi connectivity index (χ2v) is 4.27. The Morgan fingerprint density at radius 3 is 2.72 bits per heavy atom. The van der Waals surface area contributed by atoms with Gasteiger partial charge in [0, 0.05) is 18.7 Å². The number of carboxylic acids is 1. The first-order valence-corrected chi connectivity index (χ1v) is 5.67. The van der Waals surface area contributed by atoms with Gasteiger partial charge in [-0.2, -0.15) is 0 Å². The normalized spacial score (nSPS) is 10.8. The molecule has 0 fully saturated rings. The van der Waals surface area contributed by atoms with Crippen LogP contribution in [-0.4, -0.2) is 23.0 Å². The van der Waals surface area contributed by atoms with Crippen LogP contribution in [0.3, 0.4) is 0 Å². The third kappa shape index (κ3) is 2.99. The zero-order valence-corrected chi connectivity index (χ0v) is 10.2. The van der Waals surface area contributed by atoms with E-state index in [0.717, 1.165) is 17.7 Å². The van der Waals surface area contributed by atoms with Crippen molar-refractivity contribution in [1.29, 1.82) is 0 Å². The molecule has 1 aromatic carbocycles. The van der Waals surface area contributed by atoms with E-state index in [0.29, 0.717) is 12.1 Å². The van der Waals surface area contributed by atoms with Crippen molar-refractivity contribution in [1.82, 2.24) is 4.90 Å². The number of carbonyl (C=O) groups is 1. The molecule has 2 rings (SSSR count). The molecular weight excluding hydrogens is 230 g/mol. The average molecular weight is 245 g/mol. The molecule has 0 aliphatic carbocycles. The SMILES string of the molecule is CN(Cc1ccoc1)Cc1ccccc1C(=O)O. The van der Waals surface area contributed by atoms with E-state index in [1.807, 2.05) is 30.1 Å². The van der Waals surface area contributed by atoms with Gasteiger partial charge in [0.1, 0.15) is 0 Å². The van der Waals surface area contributed by atoms with Gasteiger partial charge in [-0.05, 0) is 24.7 Å². The van der Waals surface area contributed by atoms with E-state index in [1.165, 1.54) is 0 Å². The summed E-state index contributed by atoms with van der Waals surface area (Å²) in [6.07, 6.45) is 3.33. The number of hydrogen-bond donors (Lipinski definition) is 1. The third-order valence-corrected chi connectivity index (χ3v) is 2.72. The highest BCUT2D eigenvalue weighted by Crippen LogP contribution is 2.13. The first-order chi connectivity index (χ1) is 8.66. The Balaban J connectivity index is 2.07. The fourth-order valence-corrected chi connectivity index (χ4v) is 1.91. The van der Waals surface area contributed by atoms with E-state index in [-0.39, 0.29) is 0 Å². The van der Waals surface area contributed by atoms with Crippen LogP contribution in [0.1, 0.15) is 21.5 Å². The minimum atomic E-state index is -0.887. The minimum absolute atomic E-state index is 0.358. The van der Waals surface area contributed by atoms with Crippen LogP contribution in [-0.2, 0) is 13.1 Å². The van der Waals surface area contributed by atoms with Crippen LogP contribution in [0.4, 0.5) is 0 Å². The van der Waals surface area contributed by atoms with Crippen molar-refractivity contribution in [2.45, 2.75) is 13.1 Å². The highest BCUT2D eigenvalue weighted by molar-refractivity contribution is 5.89. The molecule has 1 heterocycles. The first kappa shape index (κ1) is 12.4. The largest absolute Gasteiger partial charge is 0.478 e. The lowest BCUT2D eigenvalue weighted by Crippen LogP contribution is -2.18. The molecule has 0 saturated carbocycles. The van der Waals surface area contributed by atoms with Gasteiger partial charge in [-0.15, -0.1) is 0 Å². The van der Waals surface area contributed by atoms with E-state index >= 15 is 0 Å². The standard InChI is InChI=1S/C14H15NO3/c1-15(8-11-6-7-18-10-11)9-12-4-2-3-5-13(12)14(16)17/h2-7,10H,8-9H2,1H3,(H,16,17). The zero-order valence-electron chi connectivity index (χ0n) is 10.2. The Hall–Kier alpha value is -2.07. The molecule has 2 aromatic rings. The van der Waals surface area contributed by atoms with Crippen molar-refractivity contribution in [2.24, 2.45) is 0 Å². The molecule has 94 valence electrons. The highest BCUT2D eigenvalue weighted by atomic mass is 16.4. The summed E-state index contributed by atoms with van der Waals surface area (Å²) in [5, 5.41) is 9.10. The Labute approximate surface area is 105 Å². The van der Waals surface area contributed by atoms with Gasteiger partial charge in [-0.1, -0.05) is 18.2 Å². The van der Waals surface area contributed by atoms with Crippen molar-refractivity contribution in [3.63, 3.8) is 0 Å². The molecule has 0 aliphatic heterocycles. The Morgan fingerprint density at radius 2 is 2.06 bits per heavy atom. The van der Waals surface area contributed by atoms with E-state index in [9.17, 15) is 4.79 Å². The monoisotopic (exact) mass is 245 g/mol. The summed E-state index contributed by atoms with van der Waals surface area (Å²) in [7, 11) is 1.95. The predicted molar refractivity (Wildman–Crippen MR) is 67.3 cm³/mol. The number of hydrogen-bond acceptors (Lipinski definition) is 3. The van der Waals surface area contributed by atoms with Crippen LogP contribution in [0.2, 0.25) is 0 Å². The molecule has 4 heteroatoms. The molecule has 4 nitrogen and oxygen atoms in total. The third-order valence-electron chi connectivity index (χ3n) is 2.72. The van der Waals surface area contributed by atoms with Crippen LogP contribution in [0.15, 0.2) is 47.3 Å². The second kappa shape index (κ2) is 5.51. The van der Waals surface area contributed by atoms with E-state index in [1.54, 1.807) is 24.7 Å². The molecule has 0 amide bonds. The van der Waals surface area contributed by atoms with Gasteiger partial charge in [0.05, 0.1) is 18.1 Å². The Kier molecular flexibility index (Phi) is 3.79. The molecule has 0 radical (unpaired) electrons. The maximum absolute atomic E-state index is 11.1. The maximum atomic E-state index is 11.1. The van der Waals surface area contributed by atoms with Crippen LogP contribution >= 0.6 is 0 Å². The van der Waals surface area contributed by atoms with Gasteiger partial charge in [-0.3, -0.25) is 4.90 Å². The van der Waals surface area contributed by atoms with Crippen molar-refractivity contribution in [2.75, 3.05) is 7.05 Å². The predicted octanol–water partition coefficient (Wildman–Crippen LogP) is 2.61. The number of carboxylic acid groups (broad SMARTS) is 1. The lowest BCUT2D eigenvalue weighted by molar-refractivity contribution is 0.0694. The van der Waals surface area contributed by atoms with Crippen LogP contribution in [0, 0.1) is 0 Å². The molecule has 0 atom stereocenters. The molecule has 0 unspecified atom stereocenters. The first-order valence-electron chi connectivity index (χ1n) is 5.67. The number of rotatable bonds is 5. The van der Waals surface area contributed by atoms with Gasteiger partial charge in [0.15, 0.2) is 0 Å². The lowest BCUT2D eigenvalue weighted by atomic mass is 10.1. The van der Waals surface area contributed by atoms with E-state index in [4.69, 9.17) is 9.52 Å².